The van der Waals surface area contributed by atoms with Gasteiger partial charge in [-0.3, -0.25) is 14.1 Å². The summed E-state index contributed by atoms with van der Waals surface area (Å²) in [5.74, 6) is -0.579. The molecule has 0 aliphatic heterocycles. The van der Waals surface area contributed by atoms with E-state index in [1.807, 2.05) is 20.2 Å². The highest BCUT2D eigenvalue weighted by Crippen LogP contribution is 2.08. The maximum Gasteiger partial charge on any atom is 0.305 e. The fourth-order valence-electron chi connectivity index (χ4n) is 2.08. The Balaban J connectivity index is 0.000000346. The Hall–Kier alpha value is -3.11. The minimum absolute atomic E-state index is 0.0666. The molecule has 0 unspecified atom stereocenters. The molecule has 0 aliphatic rings. The Kier molecular flexibility index (Phi) is 9.79. The van der Waals surface area contributed by atoms with Gasteiger partial charge in [0.05, 0.1) is 18.4 Å². The lowest BCUT2D eigenvalue weighted by atomic mass is 10.2. The van der Waals surface area contributed by atoms with Crippen LogP contribution in [0.3, 0.4) is 0 Å². The second-order valence-electron chi connectivity index (χ2n) is 6.41. The van der Waals surface area contributed by atoms with Crippen LogP contribution in [0.1, 0.15) is 35.7 Å². The molecule has 0 saturated heterocycles. The van der Waals surface area contributed by atoms with Gasteiger partial charge in [-0.1, -0.05) is 17.7 Å². The number of esters is 1. The molecule has 162 valence electrons. The number of carbonyl (C=O) groups is 2. The predicted octanol–water partition coefficient (Wildman–Crippen LogP) is 1.81. The Morgan fingerprint density at radius 2 is 1.80 bits per heavy atom. The first-order valence-corrected chi connectivity index (χ1v) is 10.4. The molecule has 1 heterocycles. The molecule has 2 aromatic rings. The highest BCUT2D eigenvalue weighted by Gasteiger charge is 2.09. The Bertz CT molecular complexity index is 1000. The fraction of sp³-hybridized carbons (Fsp3) is 0.300. The molecule has 9 nitrogen and oxygen atoms in total. The summed E-state index contributed by atoms with van der Waals surface area (Å²) in [7, 11) is -0.845. The predicted molar refractivity (Wildman–Crippen MR) is 110 cm³/mol. The zero-order chi connectivity index (χ0) is 22.7. The van der Waals surface area contributed by atoms with Crippen LogP contribution in [0.2, 0.25) is 0 Å². The molecule has 0 saturated carbocycles. The van der Waals surface area contributed by atoms with Gasteiger partial charge in [0.15, 0.2) is 12.4 Å². The standard InChI is InChI=1S/C13H17N3O3.C7H8O3S/c1-10(6-7-12(17)19-3)14-15-13(18)11-5-4-8-16(2)9-11;1-6-2-4-7(5-3-6)11(8,9)10/h4-5,8-9H,6-7H2,1-3H3;2-5H,1H3,(H,8,9,10)/p+1/b14-10+;. The number of nitrogens with one attached hydrogen (secondary N) is 1. The van der Waals surface area contributed by atoms with Crippen LogP contribution in [0.15, 0.2) is 58.8 Å². The average Bonchev–Trinajstić information content (AvgIpc) is 2.70. The van der Waals surface area contributed by atoms with Crippen LogP contribution in [-0.2, 0) is 26.7 Å². The number of aromatic nitrogens is 1. The smallest absolute Gasteiger partial charge is 0.305 e. The first-order valence-electron chi connectivity index (χ1n) is 8.92. The quantitative estimate of drug-likeness (QED) is 0.234. The number of hydrogen-bond donors (Lipinski definition) is 2. The first-order chi connectivity index (χ1) is 14.0. The second kappa shape index (κ2) is 11.8. The largest absolute Gasteiger partial charge is 0.469 e. The van der Waals surface area contributed by atoms with E-state index in [9.17, 15) is 18.0 Å². The molecule has 1 aromatic carbocycles. The molecule has 30 heavy (non-hydrogen) atoms. The van der Waals surface area contributed by atoms with E-state index in [4.69, 9.17) is 4.55 Å². The summed E-state index contributed by atoms with van der Waals surface area (Å²) in [6, 6.07) is 9.47. The summed E-state index contributed by atoms with van der Waals surface area (Å²) in [5, 5.41) is 3.94. The van der Waals surface area contributed by atoms with Gasteiger partial charge in [-0.15, -0.1) is 0 Å². The van der Waals surface area contributed by atoms with E-state index < -0.39 is 10.1 Å². The summed E-state index contributed by atoms with van der Waals surface area (Å²) in [5.41, 5.74) is 4.60. The Morgan fingerprint density at radius 3 is 2.33 bits per heavy atom. The highest BCUT2D eigenvalue weighted by molar-refractivity contribution is 7.85. The van der Waals surface area contributed by atoms with Crippen molar-refractivity contribution in [2.45, 2.75) is 31.6 Å². The van der Waals surface area contributed by atoms with Gasteiger partial charge in [0.2, 0.25) is 0 Å². The SMILES string of the molecule is COC(=O)CC/C(C)=N/NC(=O)c1ccc[n+](C)c1.Cc1ccc(S(=O)(=O)O)cc1. The molecule has 0 fully saturated rings. The minimum atomic E-state index is -4.02. The van der Waals surface area contributed by atoms with Crippen molar-refractivity contribution in [2.24, 2.45) is 12.1 Å². The third-order valence-corrected chi connectivity index (χ3v) is 4.66. The van der Waals surface area contributed by atoms with E-state index in [1.54, 1.807) is 42.0 Å². The normalized spacial score (nSPS) is 11.2. The first kappa shape index (κ1) is 24.9. The molecule has 2 rings (SSSR count). The number of hydrazone groups is 1. The number of rotatable bonds is 6. The summed E-state index contributed by atoms with van der Waals surface area (Å²) in [4.78, 5) is 22.7. The van der Waals surface area contributed by atoms with Crippen molar-refractivity contribution in [2.75, 3.05) is 7.11 Å². The van der Waals surface area contributed by atoms with Gasteiger partial charge in [-0.25, -0.2) is 9.99 Å². The number of aryl methyl sites for hydroxylation is 2. The lowest BCUT2D eigenvalue weighted by Crippen LogP contribution is -2.30. The van der Waals surface area contributed by atoms with E-state index >= 15 is 0 Å². The minimum Gasteiger partial charge on any atom is -0.469 e. The molecule has 2 N–H and O–H groups in total. The van der Waals surface area contributed by atoms with Crippen LogP contribution in [0.5, 0.6) is 0 Å². The van der Waals surface area contributed by atoms with Crippen LogP contribution in [0, 0.1) is 6.92 Å². The van der Waals surface area contributed by atoms with E-state index in [0.29, 0.717) is 17.7 Å². The van der Waals surface area contributed by atoms with Gasteiger partial charge >= 0.3 is 5.97 Å². The van der Waals surface area contributed by atoms with Gasteiger partial charge in [-0.2, -0.15) is 13.5 Å². The zero-order valence-electron chi connectivity index (χ0n) is 17.3. The van der Waals surface area contributed by atoms with Gasteiger partial charge in [0.25, 0.3) is 16.0 Å². The number of carbonyl (C=O) groups excluding carboxylic acids is 2. The van der Waals surface area contributed by atoms with Crippen molar-refractivity contribution >= 4 is 27.7 Å². The number of pyridine rings is 1. The van der Waals surface area contributed by atoms with E-state index in [1.165, 1.54) is 19.2 Å². The number of amides is 1. The zero-order valence-corrected chi connectivity index (χ0v) is 18.1. The third kappa shape index (κ3) is 9.39. The van der Waals surface area contributed by atoms with Crippen molar-refractivity contribution < 1.29 is 31.9 Å². The summed E-state index contributed by atoms with van der Waals surface area (Å²) in [6.45, 7) is 3.59. The van der Waals surface area contributed by atoms with Crippen LogP contribution >= 0.6 is 0 Å². The maximum atomic E-state index is 11.8. The highest BCUT2D eigenvalue weighted by atomic mass is 32.2. The summed E-state index contributed by atoms with van der Waals surface area (Å²) >= 11 is 0. The monoisotopic (exact) mass is 436 g/mol. The second-order valence-corrected chi connectivity index (χ2v) is 7.83. The van der Waals surface area contributed by atoms with Crippen LogP contribution in [-0.4, -0.2) is 37.7 Å². The number of benzene rings is 1. The number of hydrogen-bond acceptors (Lipinski definition) is 6. The molecule has 0 atom stereocenters. The van der Waals surface area contributed by atoms with E-state index in [2.05, 4.69) is 15.3 Å². The van der Waals surface area contributed by atoms with Crippen molar-refractivity contribution in [1.29, 1.82) is 0 Å². The molecule has 0 radical (unpaired) electrons. The lowest BCUT2D eigenvalue weighted by Gasteiger charge is -2.01. The maximum absolute atomic E-state index is 11.8. The van der Waals surface area contributed by atoms with Gasteiger partial charge < -0.3 is 4.74 Å². The van der Waals surface area contributed by atoms with Crippen LogP contribution < -0.4 is 9.99 Å². The van der Waals surface area contributed by atoms with Crippen molar-refractivity contribution in [3.8, 4) is 0 Å². The molecule has 10 heteroatoms. The van der Waals surface area contributed by atoms with Crippen molar-refractivity contribution in [3.05, 3.63) is 59.9 Å². The van der Waals surface area contributed by atoms with Crippen molar-refractivity contribution in [3.63, 3.8) is 0 Å². The van der Waals surface area contributed by atoms with Gasteiger partial charge in [0, 0.05) is 11.8 Å². The molecule has 1 aromatic heterocycles. The van der Waals surface area contributed by atoms with Crippen LogP contribution in [0.25, 0.3) is 0 Å². The van der Waals surface area contributed by atoms with Crippen LogP contribution in [0.4, 0.5) is 0 Å². The molecular weight excluding hydrogens is 410 g/mol. The van der Waals surface area contributed by atoms with E-state index in [-0.39, 0.29) is 23.2 Å². The van der Waals surface area contributed by atoms with E-state index in [0.717, 1.165) is 5.56 Å². The third-order valence-electron chi connectivity index (χ3n) is 3.79. The Labute approximate surface area is 176 Å². The average molecular weight is 437 g/mol. The summed E-state index contributed by atoms with van der Waals surface area (Å²) in [6.07, 6.45) is 4.24. The fourth-order valence-corrected chi connectivity index (χ4v) is 2.56. The molecule has 0 spiro atoms. The topological polar surface area (TPSA) is 126 Å². The molecule has 0 aliphatic carbocycles. The van der Waals surface area contributed by atoms with Crippen molar-refractivity contribution in [1.82, 2.24) is 5.43 Å². The summed E-state index contributed by atoms with van der Waals surface area (Å²) < 4.78 is 35.9. The molecule has 0 bridgehead atoms. The lowest BCUT2D eigenvalue weighted by molar-refractivity contribution is -0.671. The van der Waals surface area contributed by atoms with Gasteiger partial charge in [0.1, 0.15) is 12.6 Å². The number of ether oxygens (including phenoxy) is 1. The number of methoxy groups -OCH3 is 1. The van der Waals surface area contributed by atoms with Gasteiger partial charge in [-0.05, 0) is 38.5 Å². The molecule has 1 amide bonds. The Morgan fingerprint density at radius 1 is 1.17 bits per heavy atom. The molecular formula is C20H26N3O6S+. The number of nitrogens with zero attached hydrogens (tertiary/aromatic N) is 2.